The van der Waals surface area contributed by atoms with Gasteiger partial charge in [0.15, 0.2) is 0 Å². The lowest BCUT2D eigenvalue weighted by Gasteiger charge is -1.99. The Morgan fingerprint density at radius 1 is 1.04 bits per heavy atom. The van der Waals surface area contributed by atoms with Crippen LogP contribution in [-0.4, -0.2) is 37.1 Å². The minimum atomic E-state index is -0.304. The largest absolute Gasteiger partial charge is 0.497 e. The van der Waals surface area contributed by atoms with Crippen LogP contribution < -0.4 is 4.74 Å². The molecule has 5 aromatic rings. The summed E-state index contributed by atoms with van der Waals surface area (Å²) in [5.41, 5.74) is 3.11. The molecule has 0 saturated heterocycles. The molecule has 1 N–H and O–H groups in total. The van der Waals surface area contributed by atoms with Crippen LogP contribution in [0.1, 0.15) is 0 Å². The van der Waals surface area contributed by atoms with E-state index in [9.17, 15) is 4.39 Å². The fraction of sp³-hybridized carbons (Fsp3) is 0.0526. The van der Waals surface area contributed by atoms with Crippen LogP contribution in [0, 0.1) is 5.82 Å². The summed E-state index contributed by atoms with van der Waals surface area (Å²) >= 11 is 1.35. The summed E-state index contributed by atoms with van der Waals surface area (Å²) in [7, 11) is 1.63. The highest BCUT2D eigenvalue weighted by atomic mass is 32.1. The van der Waals surface area contributed by atoms with Gasteiger partial charge in [-0.3, -0.25) is 5.10 Å². The first-order valence-corrected chi connectivity index (χ1v) is 9.21. The molecule has 28 heavy (non-hydrogen) atoms. The van der Waals surface area contributed by atoms with Crippen LogP contribution in [0.5, 0.6) is 5.75 Å². The summed E-state index contributed by atoms with van der Waals surface area (Å²) in [5.74, 6) is 1.02. The molecule has 0 bridgehead atoms. The number of hydrogen-bond donors (Lipinski definition) is 1. The zero-order chi connectivity index (χ0) is 19.1. The first-order valence-electron chi connectivity index (χ1n) is 8.39. The molecule has 0 radical (unpaired) electrons. The van der Waals surface area contributed by atoms with E-state index < -0.39 is 0 Å². The lowest BCUT2D eigenvalue weighted by Crippen LogP contribution is -1.91. The van der Waals surface area contributed by atoms with Gasteiger partial charge < -0.3 is 4.74 Å². The number of nitrogens with zero attached hydrogens (tertiary/aromatic N) is 5. The molecule has 5 rings (SSSR count). The van der Waals surface area contributed by atoms with Gasteiger partial charge in [0.05, 0.1) is 12.8 Å². The lowest BCUT2D eigenvalue weighted by atomic mass is 10.1. The van der Waals surface area contributed by atoms with Crippen molar-refractivity contribution in [1.29, 1.82) is 0 Å². The Balaban J connectivity index is 1.52. The van der Waals surface area contributed by atoms with Gasteiger partial charge in [-0.1, -0.05) is 23.5 Å². The minimum Gasteiger partial charge on any atom is -0.497 e. The molecule has 0 aliphatic carbocycles. The number of halogens is 1. The van der Waals surface area contributed by atoms with Gasteiger partial charge in [0, 0.05) is 11.1 Å². The Kier molecular flexibility index (Phi) is 3.87. The monoisotopic (exact) mass is 392 g/mol. The summed E-state index contributed by atoms with van der Waals surface area (Å²) in [4.78, 5) is 0.620. The molecule has 0 unspecified atom stereocenters. The van der Waals surface area contributed by atoms with E-state index in [4.69, 9.17) is 4.74 Å². The van der Waals surface area contributed by atoms with Crippen LogP contribution >= 0.6 is 11.3 Å². The SMILES string of the molecule is COc1ccc(-c2cc(-c3nnc4sc(-c5cccc(F)c5)nn34)[nH]n2)cc1. The second-order valence-corrected chi connectivity index (χ2v) is 6.99. The Labute approximate surface area is 162 Å². The van der Waals surface area contributed by atoms with Gasteiger partial charge in [-0.25, -0.2) is 4.39 Å². The molecule has 0 aliphatic heterocycles. The summed E-state index contributed by atoms with van der Waals surface area (Å²) in [5, 5.41) is 20.9. The maximum Gasteiger partial charge on any atom is 0.235 e. The van der Waals surface area contributed by atoms with Crippen molar-refractivity contribution in [3.63, 3.8) is 0 Å². The molecule has 0 spiro atoms. The average Bonchev–Trinajstić information content (AvgIpc) is 3.43. The average molecular weight is 392 g/mol. The predicted octanol–water partition coefficient (Wildman–Crippen LogP) is 4.06. The normalized spacial score (nSPS) is 11.2. The van der Waals surface area contributed by atoms with Crippen molar-refractivity contribution in [2.45, 2.75) is 0 Å². The maximum atomic E-state index is 13.5. The van der Waals surface area contributed by atoms with Crippen LogP contribution in [-0.2, 0) is 0 Å². The van der Waals surface area contributed by atoms with Gasteiger partial charge >= 0.3 is 0 Å². The summed E-state index contributed by atoms with van der Waals surface area (Å²) in [6.07, 6.45) is 0. The molecule has 7 nitrogen and oxygen atoms in total. The number of rotatable bonds is 4. The molecular weight excluding hydrogens is 379 g/mol. The van der Waals surface area contributed by atoms with E-state index in [1.54, 1.807) is 17.7 Å². The summed E-state index contributed by atoms with van der Waals surface area (Å²) in [6, 6.07) is 15.8. The van der Waals surface area contributed by atoms with Gasteiger partial charge in [-0.15, -0.1) is 10.2 Å². The van der Waals surface area contributed by atoms with Crippen LogP contribution in [0.2, 0.25) is 0 Å². The van der Waals surface area contributed by atoms with Crippen molar-refractivity contribution in [2.75, 3.05) is 7.11 Å². The second kappa shape index (κ2) is 6.54. The number of ether oxygens (including phenoxy) is 1. The number of hydrogen-bond acceptors (Lipinski definition) is 6. The number of aromatic amines is 1. The van der Waals surface area contributed by atoms with Crippen molar-refractivity contribution in [3.05, 3.63) is 60.4 Å². The van der Waals surface area contributed by atoms with Gasteiger partial charge in [0.1, 0.15) is 22.3 Å². The molecule has 0 atom stereocenters. The van der Waals surface area contributed by atoms with Crippen molar-refractivity contribution in [1.82, 2.24) is 30.0 Å². The van der Waals surface area contributed by atoms with Crippen molar-refractivity contribution < 1.29 is 9.13 Å². The smallest absolute Gasteiger partial charge is 0.235 e. The highest BCUT2D eigenvalue weighted by molar-refractivity contribution is 7.19. The Morgan fingerprint density at radius 3 is 2.68 bits per heavy atom. The molecule has 138 valence electrons. The van der Waals surface area contributed by atoms with E-state index in [1.165, 1.54) is 23.5 Å². The zero-order valence-corrected chi connectivity index (χ0v) is 15.4. The van der Waals surface area contributed by atoms with E-state index in [0.717, 1.165) is 17.0 Å². The van der Waals surface area contributed by atoms with Crippen LogP contribution in [0.25, 0.3) is 38.3 Å². The van der Waals surface area contributed by atoms with E-state index in [1.807, 2.05) is 36.4 Å². The standard InChI is InChI=1S/C19H13FN6OS/c1-27-14-7-5-11(6-8-14)15-10-16(22-21-15)17-23-24-19-26(17)25-18(28-19)12-3-2-4-13(20)9-12/h2-10H,1H3,(H,21,22). The Bertz CT molecular complexity index is 1270. The minimum absolute atomic E-state index is 0.304. The number of benzene rings is 2. The highest BCUT2D eigenvalue weighted by Crippen LogP contribution is 2.29. The lowest BCUT2D eigenvalue weighted by molar-refractivity contribution is 0.415. The Hall–Kier alpha value is -3.59. The Morgan fingerprint density at radius 2 is 1.89 bits per heavy atom. The second-order valence-electron chi connectivity index (χ2n) is 6.03. The van der Waals surface area contributed by atoms with Gasteiger partial charge in [-0.05, 0) is 42.5 Å². The third-order valence-corrected chi connectivity index (χ3v) is 5.21. The van der Waals surface area contributed by atoms with Crippen LogP contribution in [0.4, 0.5) is 4.39 Å². The fourth-order valence-electron chi connectivity index (χ4n) is 2.87. The molecule has 0 aliphatic rings. The molecule has 3 heterocycles. The molecule has 0 amide bonds. The summed E-state index contributed by atoms with van der Waals surface area (Å²) < 4.78 is 20.3. The quantitative estimate of drug-likeness (QED) is 0.499. The van der Waals surface area contributed by atoms with Crippen molar-refractivity contribution in [2.24, 2.45) is 0 Å². The third kappa shape index (κ3) is 2.81. The first kappa shape index (κ1) is 16.6. The highest BCUT2D eigenvalue weighted by Gasteiger charge is 2.17. The van der Waals surface area contributed by atoms with Crippen molar-refractivity contribution >= 4 is 16.3 Å². The van der Waals surface area contributed by atoms with Crippen LogP contribution in [0.15, 0.2) is 54.6 Å². The number of methoxy groups -OCH3 is 1. The van der Waals surface area contributed by atoms with Crippen LogP contribution in [0.3, 0.4) is 0 Å². The molecule has 0 saturated carbocycles. The van der Waals surface area contributed by atoms with E-state index in [0.29, 0.717) is 27.1 Å². The maximum absolute atomic E-state index is 13.5. The van der Waals surface area contributed by atoms with Gasteiger partial charge in [-0.2, -0.15) is 14.7 Å². The molecular formula is C19H13FN6OS. The third-order valence-electron chi connectivity index (χ3n) is 4.27. The van der Waals surface area contributed by atoms with E-state index in [-0.39, 0.29) is 5.82 Å². The van der Waals surface area contributed by atoms with E-state index >= 15 is 0 Å². The topological polar surface area (TPSA) is 81.0 Å². The number of fused-ring (bicyclic) bond motifs is 1. The molecule has 3 aromatic heterocycles. The fourth-order valence-corrected chi connectivity index (χ4v) is 3.70. The molecule has 9 heteroatoms. The first-order chi connectivity index (χ1) is 13.7. The van der Waals surface area contributed by atoms with E-state index in [2.05, 4.69) is 25.5 Å². The predicted molar refractivity (Wildman–Crippen MR) is 104 cm³/mol. The van der Waals surface area contributed by atoms with Gasteiger partial charge in [0.25, 0.3) is 0 Å². The zero-order valence-electron chi connectivity index (χ0n) is 14.6. The number of H-pyrrole nitrogens is 1. The molecule has 0 fully saturated rings. The number of aromatic nitrogens is 6. The van der Waals surface area contributed by atoms with Crippen molar-refractivity contribution in [3.8, 4) is 39.1 Å². The van der Waals surface area contributed by atoms with Gasteiger partial charge in [0.2, 0.25) is 10.8 Å². The number of nitrogens with one attached hydrogen (secondary N) is 1. The molecule has 2 aromatic carbocycles. The summed E-state index contributed by atoms with van der Waals surface area (Å²) in [6.45, 7) is 0.